The van der Waals surface area contributed by atoms with Crippen molar-refractivity contribution >= 4 is 38.9 Å². The molecule has 17 heavy (non-hydrogen) atoms. The van der Waals surface area contributed by atoms with Crippen molar-refractivity contribution in [2.75, 3.05) is 7.11 Å². The number of halogens is 2. The van der Waals surface area contributed by atoms with E-state index in [9.17, 15) is 0 Å². The number of hydrogen-bond donors (Lipinski definition) is 1. The summed E-state index contributed by atoms with van der Waals surface area (Å²) < 4.78 is 6.09. The summed E-state index contributed by atoms with van der Waals surface area (Å²) in [5.41, 5.74) is 6.50. The van der Waals surface area contributed by atoms with Gasteiger partial charge in [0, 0.05) is 17.1 Å². The fourth-order valence-corrected chi connectivity index (χ4v) is 3.27. The maximum Gasteiger partial charge on any atom is 0.127 e. The molecule has 0 spiro atoms. The maximum absolute atomic E-state index is 6.01. The first-order chi connectivity index (χ1) is 8.15. The Morgan fingerprint density at radius 1 is 1.53 bits per heavy atom. The van der Waals surface area contributed by atoms with Crippen LogP contribution in [0.1, 0.15) is 5.01 Å². The molecule has 1 aromatic heterocycles. The van der Waals surface area contributed by atoms with Gasteiger partial charge in [-0.3, -0.25) is 0 Å². The fraction of sp³-hybridized carbons (Fsp3) is 0.182. The van der Waals surface area contributed by atoms with Crippen LogP contribution >= 0.6 is 38.9 Å². The Morgan fingerprint density at radius 2 is 2.29 bits per heavy atom. The van der Waals surface area contributed by atoms with E-state index in [-0.39, 0.29) is 0 Å². The molecule has 90 valence electrons. The number of nitrogens with zero attached hydrogens (tertiary/aromatic N) is 1. The minimum atomic E-state index is 0.423. The van der Waals surface area contributed by atoms with E-state index >= 15 is 0 Å². The van der Waals surface area contributed by atoms with E-state index < -0.39 is 0 Å². The summed E-state index contributed by atoms with van der Waals surface area (Å²) in [6.45, 7) is 0.423. The summed E-state index contributed by atoms with van der Waals surface area (Å²) in [5.74, 6) is 0.766. The van der Waals surface area contributed by atoms with Crippen molar-refractivity contribution < 1.29 is 4.74 Å². The number of methoxy groups -OCH3 is 1. The van der Waals surface area contributed by atoms with Gasteiger partial charge in [-0.05, 0) is 34.1 Å². The van der Waals surface area contributed by atoms with E-state index in [2.05, 4.69) is 20.9 Å². The fourth-order valence-electron chi connectivity index (χ4n) is 1.45. The zero-order valence-corrected chi connectivity index (χ0v) is 12.2. The van der Waals surface area contributed by atoms with Gasteiger partial charge in [0.15, 0.2) is 0 Å². The zero-order valence-electron chi connectivity index (χ0n) is 9.04. The van der Waals surface area contributed by atoms with E-state index in [1.165, 1.54) is 11.3 Å². The van der Waals surface area contributed by atoms with Crippen LogP contribution in [-0.4, -0.2) is 12.1 Å². The summed E-state index contributed by atoms with van der Waals surface area (Å²) >= 11 is 11.0. The van der Waals surface area contributed by atoms with Crippen LogP contribution < -0.4 is 10.5 Å². The first-order valence-corrected chi connectivity index (χ1v) is 6.83. The number of nitrogens with two attached hydrogens (primary N) is 1. The van der Waals surface area contributed by atoms with E-state index in [1.807, 2.05) is 12.1 Å². The summed E-state index contributed by atoms with van der Waals surface area (Å²) in [6, 6.07) is 5.49. The summed E-state index contributed by atoms with van der Waals surface area (Å²) in [7, 11) is 1.63. The van der Waals surface area contributed by atoms with Gasteiger partial charge in [-0.25, -0.2) is 4.98 Å². The van der Waals surface area contributed by atoms with Gasteiger partial charge in [0.2, 0.25) is 0 Å². The van der Waals surface area contributed by atoms with Crippen LogP contribution in [0.4, 0.5) is 0 Å². The molecule has 0 aliphatic carbocycles. The monoisotopic (exact) mass is 332 g/mol. The van der Waals surface area contributed by atoms with E-state index in [4.69, 9.17) is 22.1 Å². The highest BCUT2D eigenvalue weighted by Crippen LogP contribution is 2.40. The Bertz CT molecular complexity index is 544. The lowest BCUT2D eigenvalue weighted by molar-refractivity contribution is 0.416. The lowest BCUT2D eigenvalue weighted by Crippen LogP contribution is -1.93. The molecule has 0 aliphatic rings. The average Bonchev–Trinajstić information content (AvgIpc) is 2.70. The number of thiazole rings is 1. The smallest absolute Gasteiger partial charge is 0.127 e. The molecule has 0 radical (unpaired) electrons. The van der Waals surface area contributed by atoms with Crippen molar-refractivity contribution in [3.8, 4) is 16.2 Å². The Balaban J connectivity index is 2.58. The van der Waals surface area contributed by atoms with Crippen molar-refractivity contribution in [1.82, 2.24) is 4.98 Å². The molecule has 1 aromatic carbocycles. The Morgan fingerprint density at radius 3 is 2.88 bits per heavy atom. The number of ether oxygens (including phenoxy) is 1. The molecule has 2 rings (SSSR count). The molecule has 0 saturated heterocycles. The molecule has 2 aromatic rings. The van der Waals surface area contributed by atoms with Crippen LogP contribution in [0.3, 0.4) is 0 Å². The molecular formula is C11H10BrClN2OS. The lowest BCUT2D eigenvalue weighted by atomic mass is 10.2. The molecule has 0 atom stereocenters. The van der Waals surface area contributed by atoms with Gasteiger partial charge in [0.05, 0.1) is 12.0 Å². The lowest BCUT2D eigenvalue weighted by Gasteiger charge is -2.07. The summed E-state index contributed by atoms with van der Waals surface area (Å²) in [4.78, 5) is 5.30. The molecule has 6 heteroatoms. The second kappa shape index (κ2) is 5.35. The molecule has 1 heterocycles. The van der Waals surface area contributed by atoms with Crippen LogP contribution in [0, 0.1) is 0 Å². The van der Waals surface area contributed by atoms with Gasteiger partial charge in [-0.2, -0.15) is 0 Å². The SMILES string of the molecule is COc1ccc(Cl)cc1-c1sc(CN)nc1Br. The molecule has 0 bridgehead atoms. The van der Waals surface area contributed by atoms with E-state index in [0.29, 0.717) is 11.6 Å². The third-order valence-electron chi connectivity index (χ3n) is 2.21. The van der Waals surface area contributed by atoms with Crippen LogP contribution in [0.25, 0.3) is 10.4 Å². The van der Waals surface area contributed by atoms with Gasteiger partial charge in [-0.15, -0.1) is 11.3 Å². The first kappa shape index (κ1) is 12.8. The second-order valence-electron chi connectivity index (χ2n) is 3.28. The minimum Gasteiger partial charge on any atom is -0.496 e. The van der Waals surface area contributed by atoms with Gasteiger partial charge >= 0.3 is 0 Å². The zero-order chi connectivity index (χ0) is 12.4. The predicted octanol–water partition coefficient (Wildman–Crippen LogP) is 3.69. The highest BCUT2D eigenvalue weighted by molar-refractivity contribution is 9.10. The highest BCUT2D eigenvalue weighted by Gasteiger charge is 2.14. The average molecular weight is 334 g/mol. The molecule has 0 amide bonds. The predicted molar refractivity (Wildman–Crippen MR) is 74.7 cm³/mol. The third kappa shape index (κ3) is 2.63. The molecule has 0 unspecified atom stereocenters. The molecule has 0 saturated carbocycles. The van der Waals surface area contributed by atoms with Crippen LogP contribution in [0.5, 0.6) is 5.75 Å². The molecule has 3 nitrogen and oxygen atoms in total. The van der Waals surface area contributed by atoms with Gasteiger partial charge < -0.3 is 10.5 Å². The maximum atomic E-state index is 6.01. The van der Waals surface area contributed by atoms with Crippen LogP contribution in [0.15, 0.2) is 22.8 Å². The number of hydrogen-bond acceptors (Lipinski definition) is 4. The Kier molecular flexibility index (Phi) is 4.04. The second-order valence-corrected chi connectivity index (χ2v) is 5.55. The van der Waals surface area contributed by atoms with Crippen molar-refractivity contribution in [1.29, 1.82) is 0 Å². The Labute approximate surface area is 117 Å². The number of aromatic nitrogens is 1. The topological polar surface area (TPSA) is 48.1 Å². The molecule has 2 N–H and O–H groups in total. The molecular weight excluding hydrogens is 324 g/mol. The van der Waals surface area contributed by atoms with Crippen LogP contribution in [-0.2, 0) is 6.54 Å². The quantitative estimate of drug-likeness (QED) is 0.932. The van der Waals surface area contributed by atoms with Gasteiger partial charge in [0.1, 0.15) is 15.4 Å². The minimum absolute atomic E-state index is 0.423. The van der Waals surface area contributed by atoms with Gasteiger partial charge in [0.25, 0.3) is 0 Å². The normalized spacial score (nSPS) is 10.6. The number of rotatable bonds is 3. The molecule has 0 aliphatic heterocycles. The number of benzene rings is 1. The van der Waals surface area contributed by atoms with E-state index in [1.54, 1.807) is 13.2 Å². The largest absolute Gasteiger partial charge is 0.496 e. The standard InChI is InChI=1S/C11H10BrClN2OS/c1-16-8-3-2-6(13)4-7(8)10-11(12)15-9(5-14)17-10/h2-4H,5,14H2,1H3. The van der Waals surface area contributed by atoms with Crippen molar-refractivity contribution in [3.63, 3.8) is 0 Å². The third-order valence-corrected chi connectivity index (χ3v) is 4.39. The van der Waals surface area contributed by atoms with Crippen LogP contribution in [0.2, 0.25) is 5.02 Å². The Hall–Kier alpha value is -0.620. The first-order valence-electron chi connectivity index (χ1n) is 4.85. The van der Waals surface area contributed by atoms with Crippen molar-refractivity contribution in [2.45, 2.75) is 6.54 Å². The van der Waals surface area contributed by atoms with Crippen molar-refractivity contribution in [3.05, 3.63) is 32.8 Å². The van der Waals surface area contributed by atoms with Crippen molar-refractivity contribution in [2.24, 2.45) is 5.73 Å². The molecule has 0 fully saturated rings. The summed E-state index contributed by atoms with van der Waals surface area (Å²) in [5, 5.41) is 1.53. The van der Waals surface area contributed by atoms with E-state index in [0.717, 1.165) is 25.8 Å². The van der Waals surface area contributed by atoms with Gasteiger partial charge in [-0.1, -0.05) is 11.6 Å². The summed E-state index contributed by atoms with van der Waals surface area (Å²) in [6.07, 6.45) is 0. The highest BCUT2D eigenvalue weighted by atomic mass is 79.9.